The first kappa shape index (κ1) is 28.4. The molecular weight excluding hydrogens is 542 g/mol. The van der Waals surface area contributed by atoms with E-state index in [1.165, 1.54) is 23.9 Å². The number of thioether (sulfide) groups is 1. The van der Waals surface area contributed by atoms with Crippen molar-refractivity contribution in [2.45, 2.75) is 23.2 Å². The smallest absolute Gasteiger partial charge is 0.339 e. The number of halogens is 1. The number of fused-ring (bicyclic) bond motifs is 1. The number of amides is 1. The summed E-state index contributed by atoms with van der Waals surface area (Å²) in [6, 6.07) is 18.5. The highest BCUT2D eigenvalue weighted by atomic mass is 35.5. The molecule has 4 rings (SSSR count). The molecule has 0 aromatic heterocycles. The van der Waals surface area contributed by atoms with Crippen LogP contribution >= 0.6 is 23.4 Å². The van der Waals surface area contributed by atoms with E-state index in [2.05, 4.69) is 4.90 Å². The second-order valence-electron chi connectivity index (χ2n) is 8.91. The number of anilines is 1. The number of rotatable bonds is 9. The highest BCUT2D eigenvalue weighted by Gasteiger charge is 2.41. The third-order valence-corrected chi connectivity index (χ3v) is 8.19. The second kappa shape index (κ2) is 12.5. The van der Waals surface area contributed by atoms with Crippen LogP contribution in [0.2, 0.25) is 5.02 Å². The Morgan fingerprint density at radius 2 is 1.87 bits per heavy atom. The van der Waals surface area contributed by atoms with Gasteiger partial charge >= 0.3 is 5.97 Å². The third-order valence-electron chi connectivity index (χ3n) is 6.50. The standard InChI is InChI=1S/C28H28ClN3O6S/c1-4-30(2)15-16-31-22-7-5-6-8-24(22)39-26(18-9-12-20(37-3)13-10-18)25(27(31)33)38-28(34)19-11-14-21(29)23(17-19)32(35)36/h5-14,17,25-26H,4,15-16H2,1-3H3/t25-,26+/m0/s1. The van der Waals surface area contributed by atoms with Crippen molar-refractivity contribution in [3.8, 4) is 5.75 Å². The highest BCUT2D eigenvalue weighted by molar-refractivity contribution is 7.99. The molecule has 1 heterocycles. The fraction of sp³-hybridized carbons (Fsp3) is 0.286. The van der Waals surface area contributed by atoms with E-state index >= 15 is 0 Å². The molecule has 39 heavy (non-hydrogen) atoms. The largest absolute Gasteiger partial charge is 0.497 e. The number of hydrogen-bond donors (Lipinski definition) is 0. The van der Waals surface area contributed by atoms with Crippen molar-refractivity contribution < 1.29 is 24.0 Å². The highest BCUT2D eigenvalue weighted by Crippen LogP contribution is 2.47. The number of nitro groups is 1. The number of para-hydroxylation sites is 1. The average Bonchev–Trinajstić information content (AvgIpc) is 3.06. The van der Waals surface area contributed by atoms with Gasteiger partial charge in [-0.25, -0.2) is 4.79 Å². The SMILES string of the molecule is CCN(C)CCN1C(=O)[C@@H](OC(=O)c2ccc(Cl)c([N+](=O)[O-])c2)[C@@H](c2ccc(OC)cc2)Sc2ccccc21. The molecule has 0 fully saturated rings. The van der Waals surface area contributed by atoms with Crippen LogP contribution in [-0.2, 0) is 9.53 Å². The first-order valence-corrected chi connectivity index (χ1v) is 13.5. The zero-order chi connectivity index (χ0) is 28.1. The number of ether oxygens (including phenoxy) is 2. The van der Waals surface area contributed by atoms with Gasteiger partial charge in [-0.15, -0.1) is 11.8 Å². The maximum absolute atomic E-state index is 14.2. The Balaban J connectivity index is 1.77. The molecular formula is C28H28ClN3O6S. The van der Waals surface area contributed by atoms with Crippen LogP contribution in [0.1, 0.15) is 28.1 Å². The maximum atomic E-state index is 14.2. The number of hydrogen-bond acceptors (Lipinski definition) is 8. The van der Waals surface area contributed by atoms with Gasteiger partial charge in [0.2, 0.25) is 0 Å². The Kier molecular flexibility index (Phi) is 9.11. The number of methoxy groups -OCH3 is 1. The molecule has 0 bridgehead atoms. The fourth-order valence-corrected chi connectivity index (χ4v) is 5.66. The van der Waals surface area contributed by atoms with E-state index in [1.807, 2.05) is 50.4 Å². The molecule has 0 saturated heterocycles. The molecule has 2 atom stereocenters. The van der Waals surface area contributed by atoms with Crippen LogP contribution in [0.5, 0.6) is 5.75 Å². The van der Waals surface area contributed by atoms with Crippen molar-refractivity contribution in [2.75, 3.05) is 38.7 Å². The predicted molar refractivity (Wildman–Crippen MR) is 151 cm³/mol. The molecule has 9 nitrogen and oxygen atoms in total. The lowest BCUT2D eigenvalue weighted by Gasteiger charge is -2.29. The van der Waals surface area contributed by atoms with Crippen LogP contribution in [0.25, 0.3) is 0 Å². The van der Waals surface area contributed by atoms with Crippen LogP contribution in [0.15, 0.2) is 71.6 Å². The van der Waals surface area contributed by atoms with Gasteiger partial charge in [0, 0.05) is 24.1 Å². The Bertz CT molecular complexity index is 1370. The second-order valence-corrected chi connectivity index (χ2v) is 10.5. The van der Waals surface area contributed by atoms with E-state index in [-0.39, 0.29) is 16.5 Å². The normalized spacial score (nSPS) is 16.9. The van der Waals surface area contributed by atoms with Gasteiger partial charge < -0.3 is 19.3 Å². The summed E-state index contributed by atoms with van der Waals surface area (Å²) in [6.45, 7) is 3.83. The van der Waals surface area contributed by atoms with Gasteiger partial charge in [-0.05, 0) is 55.6 Å². The lowest BCUT2D eigenvalue weighted by molar-refractivity contribution is -0.384. The van der Waals surface area contributed by atoms with E-state index in [4.69, 9.17) is 21.1 Å². The first-order chi connectivity index (χ1) is 18.7. The zero-order valence-corrected chi connectivity index (χ0v) is 23.3. The summed E-state index contributed by atoms with van der Waals surface area (Å²) in [7, 11) is 3.53. The number of nitro benzene ring substituents is 1. The summed E-state index contributed by atoms with van der Waals surface area (Å²) >= 11 is 7.36. The fourth-order valence-electron chi connectivity index (χ4n) is 4.15. The van der Waals surface area contributed by atoms with Crippen LogP contribution in [0.4, 0.5) is 11.4 Å². The minimum atomic E-state index is -1.22. The summed E-state index contributed by atoms with van der Waals surface area (Å²) in [5, 5.41) is 10.7. The number of benzene rings is 3. The van der Waals surface area contributed by atoms with E-state index in [9.17, 15) is 19.7 Å². The molecule has 204 valence electrons. The third kappa shape index (κ3) is 6.35. The Morgan fingerprint density at radius 3 is 2.54 bits per heavy atom. The van der Waals surface area contributed by atoms with Crippen molar-refractivity contribution in [1.82, 2.24) is 4.90 Å². The number of carbonyl (C=O) groups excluding carboxylic acids is 2. The summed E-state index contributed by atoms with van der Waals surface area (Å²) in [5.41, 5.74) is 1.000. The summed E-state index contributed by atoms with van der Waals surface area (Å²) < 4.78 is 11.2. The van der Waals surface area contributed by atoms with Gasteiger partial charge in [-0.3, -0.25) is 14.9 Å². The monoisotopic (exact) mass is 569 g/mol. The molecule has 0 aliphatic carbocycles. The van der Waals surface area contributed by atoms with Crippen molar-refractivity contribution in [3.05, 3.63) is 93.0 Å². The molecule has 3 aromatic carbocycles. The van der Waals surface area contributed by atoms with Crippen LogP contribution in [0, 0.1) is 10.1 Å². The van der Waals surface area contributed by atoms with Crippen molar-refractivity contribution in [2.24, 2.45) is 0 Å². The van der Waals surface area contributed by atoms with Gasteiger partial charge in [-0.2, -0.15) is 0 Å². The van der Waals surface area contributed by atoms with Gasteiger partial charge in [0.1, 0.15) is 10.8 Å². The number of nitrogens with zero attached hydrogens (tertiary/aromatic N) is 3. The van der Waals surface area contributed by atoms with Gasteiger partial charge in [0.15, 0.2) is 6.10 Å². The topological polar surface area (TPSA) is 102 Å². The predicted octanol–water partition coefficient (Wildman–Crippen LogP) is 5.61. The Labute approximate surface area is 235 Å². The first-order valence-electron chi connectivity index (χ1n) is 12.3. The summed E-state index contributed by atoms with van der Waals surface area (Å²) in [6.07, 6.45) is -1.22. The molecule has 0 saturated carbocycles. The van der Waals surface area contributed by atoms with Crippen LogP contribution < -0.4 is 9.64 Å². The van der Waals surface area contributed by atoms with Crippen molar-refractivity contribution >= 4 is 46.6 Å². The van der Waals surface area contributed by atoms with Crippen LogP contribution in [-0.4, -0.2) is 61.6 Å². The minimum absolute atomic E-state index is 0.0728. The molecule has 3 aromatic rings. The molecule has 0 spiro atoms. The summed E-state index contributed by atoms with van der Waals surface area (Å²) in [4.78, 5) is 42.8. The quantitative estimate of drug-likeness (QED) is 0.186. The van der Waals surface area contributed by atoms with Crippen LogP contribution in [0.3, 0.4) is 0 Å². The van der Waals surface area contributed by atoms with Gasteiger partial charge in [-0.1, -0.05) is 42.8 Å². The molecule has 11 heteroatoms. The maximum Gasteiger partial charge on any atom is 0.339 e. The molecule has 1 amide bonds. The van der Waals surface area contributed by atoms with E-state index in [1.54, 1.807) is 24.1 Å². The Morgan fingerprint density at radius 1 is 1.15 bits per heavy atom. The summed E-state index contributed by atoms with van der Waals surface area (Å²) in [5.74, 6) is -0.589. The zero-order valence-electron chi connectivity index (χ0n) is 21.7. The lowest BCUT2D eigenvalue weighted by atomic mass is 10.0. The minimum Gasteiger partial charge on any atom is -0.497 e. The van der Waals surface area contributed by atoms with E-state index in [0.717, 1.165) is 28.8 Å². The number of likely N-dealkylation sites (N-methyl/N-ethyl adjacent to an activating group) is 1. The molecule has 0 N–H and O–H groups in total. The van der Waals surface area contributed by atoms with E-state index < -0.39 is 27.9 Å². The molecule has 0 unspecified atom stereocenters. The lowest BCUT2D eigenvalue weighted by Crippen LogP contribution is -2.45. The Hall–Kier alpha value is -3.60. The van der Waals surface area contributed by atoms with Gasteiger partial charge in [0.25, 0.3) is 11.6 Å². The molecule has 0 radical (unpaired) electrons. The van der Waals surface area contributed by atoms with E-state index in [0.29, 0.717) is 18.8 Å². The molecule has 1 aliphatic rings. The number of esters is 1. The van der Waals surface area contributed by atoms with Gasteiger partial charge in [0.05, 0.1) is 28.5 Å². The number of carbonyl (C=O) groups is 2. The molecule has 1 aliphatic heterocycles. The van der Waals surface area contributed by atoms with Crippen molar-refractivity contribution in [3.63, 3.8) is 0 Å². The average molecular weight is 570 g/mol. The van der Waals surface area contributed by atoms with Crippen molar-refractivity contribution in [1.29, 1.82) is 0 Å².